The van der Waals surface area contributed by atoms with Crippen molar-refractivity contribution in [3.8, 4) is 0 Å². The monoisotopic (exact) mass is 240 g/mol. The normalized spacial score (nSPS) is 22.5. The summed E-state index contributed by atoms with van der Waals surface area (Å²) in [6.45, 7) is 11.6. The first-order valence-corrected chi connectivity index (χ1v) is 7.09. The molecule has 100 valence electrons. The molecule has 1 amide bonds. The summed E-state index contributed by atoms with van der Waals surface area (Å²) in [5.74, 6) is 1.53. The molecule has 1 aliphatic rings. The summed E-state index contributed by atoms with van der Waals surface area (Å²) < 4.78 is 0. The van der Waals surface area contributed by atoms with Gasteiger partial charge in [0.25, 0.3) is 0 Å². The molecule has 0 spiro atoms. The number of nitrogens with one attached hydrogen (secondary N) is 1. The van der Waals surface area contributed by atoms with Crippen molar-refractivity contribution in [3.63, 3.8) is 0 Å². The molecule has 0 radical (unpaired) electrons. The minimum atomic E-state index is 0.354. The Kier molecular flexibility index (Phi) is 5.96. The lowest BCUT2D eigenvalue weighted by atomic mass is 10.0. The Hall–Kier alpha value is -0.570. The van der Waals surface area contributed by atoms with Crippen LogP contribution in [-0.4, -0.2) is 36.5 Å². The number of amides is 1. The Labute approximate surface area is 106 Å². The topological polar surface area (TPSA) is 32.3 Å². The molecule has 0 saturated carbocycles. The molecule has 3 heteroatoms. The Balaban J connectivity index is 2.47. The molecule has 1 fully saturated rings. The van der Waals surface area contributed by atoms with E-state index in [1.807, 2.05) is 0 Å². The van der Waals surface area contributed by atoms with Gasteiger partial charge in [0.1, 0.15) is 0 Å². The van der Waals surface area contributed by atoms with Crippen LogP contribution < -0.4 is 5.32 Å². The second-order valence-corrected chi connectivity index (χ2v) is 5.57. The van der Waals surface area contributed by atoms with Gasteiger partial charge in [-0.3, -0.25) is 4.79 Å². The van der Waals surface area contributed by atoms with Crippen LogP contribution in [-0.2, 0) is 4.79 Å². The second-order valence-electron chi connectivity index (χ2n) is 5.57. The zero-order chi connectivity index (χ0) is 12.8. The van der Waals surface area contributed by atoms with E-state index < -0.39 is 0 Å². The molecule has 3 nitrogen and oxygen atoms in total. The molecule has 1 heterocycles. The summed E-state index contributed by atoms with van der Waals surface area (Å²) in [7, 11) is 0. The zero-order valence-corrected chi connectivity index (χ0v) is 11.8. The summed E-state index contributed by atoms with van der Waals surface area (Å²) >= 11 is 0. The van der Waals surface area contributed by atoms with Gasteiger partial charge in [-0.05, 0) is 24.8 Å². The molecule has 0 aliphatic carbocycles. The number of nitrogens with zero attached hydrogens (tertiary/aromatic N) is 1. The highest BCUT2D eigenvalue weighted by Crippen LogP contribution is 2.22. The third-order valence-electron chi connectivity index (χ3n) is 3.68. The Morgan fingerprint density at radius 1 is 1.41 bits per heavy atom. The molecule has 0 aromatic rings. The average molecular weight is 240 g/mol. The van der Waals surface area contributed by atoms with Gasteiger partial charge in [-0.25, -0.2) is 0 Å². The predicted molar refractivity (Wildman–Crippen MR) is 71.9 cm³/mol. The fourth-order valence-corrected chi connectivity index (χ4v) is 2.64. The number of rotatable bonds is 7. The molecule has 1 rings (SSSR count). The minimum absolute atomic E-state index is 0.354. The number of likely N-dealkylation sites (tertiary alicyclic amines) is 1. The molecule has 1 N–H and O–H groups in total. The molecule has 2 atom stereocenters. The van der Waals surface area contributed by atoms with E-state index in [0.717, 1.165) is 26.1 Å². The van der Waals surface area contributed by atoms with Gasteiger partial charge < -0.3 is 10.2 Å². The quantitative estimate of drug-likeness (QED) is 0.740. The highest BCUT2D eigenvalue weighted by atomic mass is 16.2. The molecular formula is C14H28N2O. The van der Waals surface area contributed by atoms with Crippen LogP contribution in [0, 0.1) is 11.8 Å². The van der Waals surface area contributed by atoms with Crippen molar-refractivity contribution >= 4 is 5.91 Å². The molecule has 0 bridgehead atoms. The van der Waals surface area contributed by atoms with Gasteiger partial charge in [0.15, 0.2) is 0 Å². The van der Waals surface area contributed by atoms with E-state index in [1.54, 1.807) is 0 Å². The van der Waals surface area contributed by atoms with Crippen LogP contribution in [0.25, 0.3) is 0 Å². The fourth-order valence-electron chi connectivity index (χ4n) is 2.64. The first kappa shape index (κ1) is 14.5. The smallest absolute Gasteiger partial charge is 0.222 e. The summed E-state index contributed by atoms with van der Waals surface area (Å²) in [6.07, 6.45) is 3.15. The Bertz CT molecular complexity index is 240. The van der Waals surface area contributed by atoms with Crippen molar-refractivity contribution in [2.45, 2.75) is 53.0 Å². The van der Waals surface area contributed by atoms with Crippen molar-refractivity contribution in [1.29, 1.82) is 0 Å². The molecule has 17 heavy (non-hydrogen) atoms. The van der Waals surface area contributed by atoms with Crippen LogP contribution in [0.5, 0.6) is 0 Å². The number of hydrogen-bond donors (Lipinski definition) is 1. The van der Waals surface area contributed by atoms with E-state index in [1.165, 1.54) is 12.8 Å². The maximum absolute atomic E-state index is 11.9. The molecule has 1 saturated heterocycles. The largest absolute Gasteiger partial charge is 0.341 e. The van der Waals surface area contributed by atoms with Gasteiger partial charge in [0.05, 0.1) is 0 Å². The van der Waals surface area contributed by atoms with Gasteiger partial charge >= 0.3 is 0 Å². The fraction of sp³-hybridized carbons (Fsp3) is 0.929. The van der Waals surface area contributed by atoms with Gasteiger partial charge in [0, 0.05) is 25.6 Å². The lowest BCUT2D eigenvalue weighted by Gasteiger charge is -2.27. The lowest BCUT2D eigenvalue weighted by Crippen LogP contribution is -2.44. The first-order chi connectivity index (χ1) is 8.08. The van der Waals surface area contributed by atoms with E-state index in [9.17, 15) is 4.79 Å². The van der Waals surface area contributed by atoms with Gasteiger partial charge in [-0.2, -0.15) is 0 Å². The maximum atomic E-state index is 11.9. The predicted octanol–water partition coefficient (Wildman–Crippen LogP) is 2.27. The van der Waals surface area contributed by atoms with Crippen molar-refractivity contribution in [2.75, 3.05) is 19.6 Å². The molecular weight excluding hydrogens is 212 g/mol. The molecule has 0 aromatic heterocycles. The van der Waals surface area contributed by atoms with Crippen LogP contribution in [0.1, 0.15) is 47.0 Å². The van der Waals surface area contributed by atoms with E-state index in [4.69, 9.17) is 0 Å². The summed E-state index contributed by atoms with van der Waals surface area (Å²) in [5.41, 5.74) is 0. The summed E-state index contributed by atoms with van der Waals surface area (Å²) in [4.78, 5) is 14.0. The van der Waals surface area contributed by atoms with Crippen LogP contribution in [0.4, 0.5) is 0 Å². The highest BCUT2D eigenvalue weighted by Gasteiger charge is 2.30. The molecule has 2 unspecified atom stereocenters. The summed E-state index contributed by atoms with van der Waals surface area (Å²) in [5, 5.41) is 3.48. The zero-order valence-electron chi connectivity index (χ0n) is 11.8. The second kappa shape index (κ2) is 7.00. The van der Waals surface area contributed by atoms with Crippen LogP contribution in [0.2, 0.25) is 0 Å². The lowest BCUT2D eigenvalue weighted by molar-refractivity contribution is -0.128. The van der Waals surface area contributed by atoms with E-state index in [0.29, 0.717) is 23.8 Å². The highest BCUT2D eigenvalue weighted by molar-refractivity contribution is 5.78. The standard InChI is InChI=1S/C14H28N2O/c1-5-7-12-8-14(17)16(9-12)10-13(11(3)4)15-6-2/h11-13,15H,5-10H2,1-4H3. The Morgan fingerprint density at radius 3 is 2.65 bits per heavy atom. The third kappa shape index (κ3) is 4.30. The van der Waals surface area contributed by atoms with Gasteiger partial charge in [0.2, 0.25) is 5.91 Å². The average Bonchev–Trinajstić information content (AvgIpc) is 2.59. The van der Waals surface area contributed by atoms with E-state index in [-0.39, 0.29) is 0 Å². The van der Waals surface area contributed by atoms with Crippen LogP contribution in [0.15, 0.2) is 0 Å². The number of carbonyl (C=O) groups is 1. The SMILES string of the molecule is CCCC1CC(=O)N(CC(NCC)C(C)C)C1. The van der Waals surface area contributed by atoms with Crippen molar-refractivity contribution < 1.29 is 4.79 Å². The van der Waals surface area contributed by atoms with Crippen molar-refractivity contribution in [2.24, 2.45) is 11.8 Å². The van der Waals surface area contributed by atoms with E-state index >= 15 is 0 Å². The minimum Gasteiger partial charge on any atom is -0.341 e. The van der Waals surface area contributed by atoms with Crippen molar-refractivity contribution in [1.82, 2.24) is 10.2 Å². The number of likely N-dealkylation sites (N-methyl/N-ethyl adjacent to an activating group) is 1. The number of hydrogen-bond acceptors (Lipinski definition) is 2. The van der Waals surface area contributed by atoms with E-state index in [2.05, 4.69) is 37.9 Å². The molecule has 0 aromatic carbocycles. The Morgan fingerprint density at radius 2 is 2.12 bits per heavy atom. The van der Waals surface area contributed by atoms with Crippen LogP contribution >= 0.6 is 0 Å². The van der Waals surface area contributed by atoms with Gasteiger partial charge in [-0.1, -0.05) is 34.1 Å². The van der Waals surface area contributed by atoms with Gasteiger partial charge in [-0.15, -0.1) is 0 Å². The first-order valence-electron chi connectivity index (χ1n) is 7.09. The molecule has 1 aliphatic heterocycles. The van der Waals surface area contributed by atoms with Crippen LogP contribution in [0.3, 0.4) is 0 Å². The summed E-state index contributed by atoms with van der Waals surface area (Å²) in [6, 6.07) is 0.435. The third-order valence-corrected chi connectivity index (χ3v) is 3.68. The number of carbonyl (C=O) groups excluding carboxylic acids is 1. The maximum Gasteiger partial charge on any atom is 0.222 e. The van der Waals surface area contributed by atoms with Crippen molar-refractivity contribution in [3.05, 3.63) is 0 Å².